The second-order valence-corrected chi connectivity index (χ2v) is 4.98. The molecule has 0 spiro atoms. The molecule has 3 heteroatoms. The Hall–Kier alpha value is -1.06. The molecule has 0 radical (unpaired) electrons. The first-order chi connectivity index (χ1) is 7.97. The van der Waals surface area contributed by atoms with Gasteiger partial charge in [-0.1, -0.05) is 12.1 Å². The zero-order valence-electron chi connectivity index (χ0n) is 11.0. The highest BCUT2D eigenvalue weighted by Crippen LogP contribution is 2.11. The molecule has 2 N–H and O–H groups in total. The Kier molecular flexibility index (Phi) is 5.45. The van der Waals surface area contributed by atoms with Crippen molar-refractivity contribution < 1.29 is 9.84 Å². The van der Waals surface area contributed by atoms with Gasteiger partial charge in [0.25, 0.3) is 0 Å². The van der Waals surface area contributed by atoms with Crippen molar-refractivity contribution in [3.63, 3.8) is 0 Å². The highest BCUT2D eigenvalue weighted by molar-refractivity contribution is 5.27. The van der Waals surface area contributed by atoms with E-state index in [2.05, 4.69) is 18.3 Å². The van der Waals surface area contributed by atoms with Crippen molar-refractivity contribution in [1.82, 2.24) is 5.32 Å². The van der Waals surface area contributed by atoms with E-state index in [1.54, 1.807) is 0 Å². The van der Waals surface area contributed by atoms with E-state index < -0.39 is 5.60 Å². The van der Waals surface area contributed by atoms with Crippen LogP contribution in [0.25, 0.3) is 0 Å². The first-order valence-corrected chi connectivity index (χ1v) is 6.10. The molecule has 96 valence electrons. The highest BCUT2D eigenvalue weighted by Gasteiger charge is 2.10. The highest BCUT2D eigenvalue weighted by atomic mass is 16.5. The zero-order chi connectivity index (χ0) is 12.7. The Balaban J connectivity index is 2.09. The summed E-state index contributed by atoms with van der Waals surface area (Å²) < 4.78 is 5.59. The first-order valence-electron chi connectivity index (χ1n) is 6.10. The van der Waals surface area contributed by atoms with Crippen molar-refractivity contribution in [3.8, 4) is 5.75 Å². The lowest BCUT2D eigenvalue weighted by Gasteiger charge is -2.17. The normalized spacial score (nSPS) is 11.5. The third-order valence-corrected chi connectivity index (χ3v) is 2.45. The van der Waals surface area contributed by atoms with Crippen LogP contribution in [-0.4, -0.2) is 30.4 Å². The average molecular weight is 237 g/mol. The fourth-order valence-corrected chi connectivity index (χ4v) is 1.47. The third kappa shape index (κ3) is 6.97. The molecule has 0 unspecified atom stereocenters. The van der Waals surface area contributed by atoms with Crippen LogP contribution in [0.1, 0.15) is 25.8 Å². The molecule has 0 atom stereocenters. The van der Waals surface area contributed by atoms with Crippen LogP contribution in [0.4, 0.5) is 0 Å². The van der Waals surface area contributed by atoms with Crippen LogP contribution in [0.2, 0.25) is 0 Å². The topological polar surface area (TPSA) is 41.5 Å². The molecule has 0 saturated heterocycles. The zero-order valence-corrected chi connectivity index (χ0v) is 11.0. The third-order valence-electron chi connectivity index (χ3n) is 2.45. The smallest absolute Gasteiger partial charge is 0.119 e. The number of aryl methyl sites for hydroxylation is 1. The molecule has 0 bridgehead atoms. The maximum absolute atomic E-state index is 9.51. The van der Waals surface area contributed by atoms with Gasteiger partial charge < -0.3 is 15.2 Å². The largest absolute Gasteiger partial charge is 0.492 e. The predicted octanol–water partition coefficient (Wildman–Crippen LogP) is 2.12. The first kappa shape index (κ1) is 14.0. The van der Waals surface area contributed by atoms with E-state index in [1.165, 1.54) is 5.56 Å². The Labute approximate surface area is 104 Å². The summed E-state index contributed by atoms with van der Waals surface area (Å²) in [6.07, 6.45) is 0.747. The van der Waals surface area contributed by atoms with Crippen molar-refractivity contribution in [2.45, 2.75) is 32.8 Å². The summed E-state index contributed by atoms with van der Waals surface area (Å²) in [7, 11) is 0. The standard InChI is InChI=1S/C14H23NO2/c1-12-5-4-6-13(11-12)17-10-9-15-8-7-14(2,3)16/h4-6,11,15-16H,7-10H2,1-3H3. The number of benzene rings is 1. The van der Waals surface area contributed by atoms with Crippen molar-refractivity contribution in [2.24, 2.45) is 0 Å². The fraction of sp³-hybridized carbons (Fsp3) is 0.571. The average Bonchev–Trinajstić information content (AvgIpc) is 2.22. The summed E-state index contributed by atoms with van der Waals surface area (Å²) in [5, 5.41) is 12.8. The molecule has 0 aliphatic carbocycles. The Morgan fingerprint density at radius 1 is 1.29 bits per heavy atom. The van der Waals surface area contributed by atoms with Gasteiger partial charge in [0.05, 0.1) is 5.60 Å². The molecule has 3 nitrogen and oxygen atoms in total. The van der Waals surface area contributed by atoms with Gasteiger partial charge in [-0.25, -0.2) is 0 Å². The molecule has 0 heterocycles. The number of hydrogen-bond donors (Lipinski definition) is 2. The van der Waals surface area contributed by atoms with Crippen molar-refractivity contribution in [3.05, 3.63) is 29.8 Å². The summed E-state index contributed by atoms with van der Waals surface area (Å²) in [6, 6.07) is 8.03. The molecule has 0 saturated carbocycles. The summed E-state index contributed by atoms with van der Waals surface area (Å²) in [5.74, 6) is 0.911. The molecule has 1 aromatic carbocycles. The number of hydrogen-bond acceptors (Lipinski definition) is 3. The molecule has 0 fully saturated rings. The van der Waals surface area contributed by atoms with Crippen LogP contribution in [0, 0.1) is 6.92 Å². The second kappa shape index (κ2) is 6.62. The van der Waals surface area contributed by atoms with E-state index in [1.807, 2.05) is 32.0 Å². The van der Waals surface area contributed by atoms with Gasteiger partial charge in [-0.2, -0.15) is 0 Å². The minimum Gasteiger partial charge on any atom is -0.492 e. The van der Waals surface area contributed by atoms with Crippen LogP contribution in [0.3, 0.4) is 0 Å². The van der Waals surface area contributed by atoms with Crippen LogP contribution >= 0.6 is 0 Å². The van der Waals surface area contributed by atoms with Crippen LogP contribution in [0.15, 0.2) is 24.3 Å². The predicted molar refractivity (Wildman–Crippen MR) is 70.5 cm³/mol. The summed E-state index contributed by atoms with van der Waals surface area (Å²) in [6.45, 7) is 7.93. The minimum absolute atomic E-state index is 0.593. The monoisotopic (exact) mass is 237 g/mol. The molecule has 1 aromatic rings. The quantitative estimate of drug-likeness (QED) is 0.714. The van der Waals surface area contributed by atoms with Crippen molar-refractivity contribution in [1.29, 1.82) is 0 Å². The van der Waals surface area contributed by atoms with Gasteiger partial charge in [0.2, 0.25) is 0 Å². The summed E-state index contributed by atoms with van der Waals surface area (Å²) >= 11 is 0. The summed E-state index contributed by atoms with van der Waals surface area (Å²) in [4.78, 5) is 0. The molecule has 0 amide bonds. The SMILES string of the molecule is Cc1cccc(OCCNCCC(C)(C)O)c1. The summed E-state index contributed by atoms with van der Waals surface area (Å²) in [5.41, 5.74) is 0.613. The van der Waals surface area contributed by atoms with E-state index >= 15 is 0 Å². The molecular formula is C14H23NO2. The lowest BCUT2D eigenvalue weighted by molar-refractivity contribution is 0.0709. The number of aliphatic hydroxyl groups is 1. The minimum atomic E-state index is -0.593. The van der Waals surface area contributed by atoms with Crippen molar-refractivity contribution >= 4 is 0 Å². The van der Waals surface area contributed by atoms with E-state index in [4.69, 9.17) is 4.74 Å². The maximum atomic E-state index is 9.51. The molecule has 17 heavy (non-hydrogen) atoms. The lowest BCUT2D eigenvalue weighted by atomic mass is 10.1. The van der Waals surface area contributed by atoms with Crippen LogP contribution in [0.5, 0.6) is 5.75 Å². The molecule has 0 aliphatic heterocycles. The Morgan fingerprint density at radius 3 is 2.71 bits per heavy atom. The number of rotatable bonds is 7. The van der Waals surface area contributed by atoms with Crippen molar-refractivity contribution in [2.75, 3.05) is 19.7 Å². The maximum Gasteiger partial charge on any atom is 0.119 e. The van der Waals surface area contributed by atoms with Gasteiger partial charge in [-0.15, -0.1) is 0 Å². The van der Waals surface area contributed by atoms with Gasteiger partial charge in [0.15, 0.2) is 0 Å². The Bertz CT molecular complexity index is 331. The van der Waals surface area contributed by atoms with Gasteiger partial charge in [0.1, 0.15) is 12.4 Å². The van der Waals surface area contributed by atoms with Gasteiger partial charge >= 0.3 is 0 Å². The van der Waals surface area contributed by atoms with Crippen LogP contribution in [-0.2, 0) is 0 Å². The Morgan fingerprint density at radius 2 is 2.06 bits per heavy atom. The molecule has 1 rings (SSSR count). The number of nitrogens with one attached hydrogen (secondary N) is 1. The molecular weight excluding hydrogens is 214 g/mol. The van der Waals surface area contributed by atoms with E-state index in [0.29, 0.717) is 6.61 Å². The van der Waals surface area contributed by atoms with Gasteiger partial charge in [-0.05, 0) is 51.4 Å². The van der Waals surface area contributed by atoms with Gasteiger partial charge in [0, 0.05) is 6.54 Å². The van der Waals surface area contributed by atoms with E-state index in [9.17, 15) is 5.11 Å². The van der Waals surface area contributed by atoms with E-state index in [0.717, 1.165) is 25.3 Å². The van der Waals surface area contributed by atoms with E-state index in [-0.39, 0.29) is 0 Å². The molecule has 0 aromatic heterocycles. The number of ether oxygens (including phenoxy) is 1. The lowest BCUT2D eigenvalue weighted by Crippen LogP contribution is -2.29. The van der Waals surface area contributed by atoms with Crippen LogP contribution < -0.4 is 10.1 Å². The second-order valence-electron chi connectivity index (χ2n) is 4.98. The van der Waals surface area contributed by atoms with Gasteiger partial charge in [-0.3, -0.25) is 0 Å². The fourth-order valence-electron chi connectivity index (χ4n) is 1.47. The molecule has 0 aliphatic rings.